The van der Waals surface area contributed by atoms with E-state index in [1.165, 1.54) is 12.8 Å². The summed E-state index contributed by atoms with van der Waals surface area (Å²) >= 11 is 6.33. The quantitative estimate of drug-likeness (QED) is 0.704. The van der Waals surface area contributed by atoms with Crippen LogP contribution in [0, 0.1) is 5.92 Å². The molecule has 0 N–H and O–H groups in total. The van der Waals surface area contributed by atoms with Crippen LogP contribution in [0.4, 0.5) is 0 Å². The topological polar surface area (TPSA) is 38.8 Å². The first-order valence-electron chi connectivity index (χ1n) is 8.35. The zero-order valence-corrected chi connectivity index (χ0v) is 15.2. The molecule has 0 saturated heterocycles. The van der Waals surface area contributed by atoms with Crippen LogP contribution in [0.2, 0.25) is 5.02 Å². The van der Waals surface area contributed by atoms with Gasteiger partial charge < -0.3 is 14.4 Å². The Hall–Kier alpha value is -1.42. The van der Waals surface area contributed by atoms with Crippen LogP contribution >= 0.6 is 11.6 Å². The third-order valence-electron chi connectivity index (χ3n) is 4.24. The van der Waals surface area contributed by atoms with Crippen molar-refractivity contribution in [2.24, 2.45) is 5.92 Å². The molecule has 0 heterocycles. The number of carbonyl (C=O) groups excluding carboxylic acids is 1. The molecular weight excluding hydrogens is 314 g/mol. The Labute approximate surface area is 143 Å². The zero-order valence-electron chi connectivity index (χ0n) is 14.4. The van der Waals surface area contributed by atoms with E-state index in [1.807, 2.05) is 20.9 Å². The Balaban J connectivity index is 2.25. The van der Waals surface area contributed by atoms with Gasteiger partial charge in [0.25, 0.3) is 5.91 Å². The highest BCUT2D eigenvalue weighted by Crippen LogP contribution is 2.38. The van der Waals surface area contributed by atoms with Crippen molar-refractivity contribution in [1.82, 2.24) is 4.90 Å². The lowest BCUT2D eigenvalue weighted by atomic mass is 10.1. The molecule has 1 aromatic rings. The van der Waals surface area contributed by atoms with Crippen LogP contribution in [0.25, 0.3) is 0 Å². The average molecular weight is 340 g/mol. The summed E-state index contributed by atoms with van der Waals surface area (Å²) < 4.78 is 11.3. The molecule has 1 unspecified atom stereocenters. The maximum absolute atomic E-state index is 12.7. The zero-order chi connectivity index (χ0) is 17.0. The van der Waals surface area contributed by atoms with E-state index in [1.54, 1.807) is 17.0 Å². The van der Waals surface area contributed by atoms with Gasteiger partial charge >= 0.3 is 0 Å². The summed E-state index contributed by atoms with van der Waals surface area (Å²) in [4.78, 5) is 14.5. The van der Waals surface area contributed by atoms with Crippen molar-refractivity contribution in [1.29, 1.82) is 0 Å². The summed E-state index contributed by atoms with van der Waals surface area (Å²) in [6.45, 7) is 7.07. The molecule has 1 aliphatic rings. The summed E-state index contributed by atoms with van der Waals surface area (Å²) in [7, 11) is 1.85. The standard InChI is InChI=1S/C18H26ClNO3/c1-5-9-23-17-15(19)10-14(11-16(17)22-6-2)18(21)20(4)12(3)13-7-8-13/h10-13H,5-9H2,1-4H3. The maximum Gasteiger partial charge on any atom is 0.254 e. The molecule has 0 aliphatic heterocycles. The Bertz CT molecular complexity index is 557. The highest BCUT2D eigenvalue weighted by atomic mass is 35.5. The summed E-state index contributed by atoms with van der Waals surface area (Å²) in [5.41, 5.74) is 0.539. The molecule has 2 rings (SSSR count). The number of carbonyl (C=O) groups is 1. The molecule has 1 saturated carbocycles. The predicted molar refractivity (Wildman–Crippen MR) is 92.7 cm³/mol. The first kappa shape index (κ1) is 17.9. The second-order valence-electron chi connectivity index (χ2n) is 6.06. The van der Waals surface area contributed by atoms with Crippen LogP contribution in [0.1, 0.15) is 50.4 Å². The molecule has 0 aromatic heterocycles. The molecule has 5 heteroatoms. The van der Waals surface area contributed by atoms with Crippen LogP contribution in [-0.2, 0) is 0 Å². The van der Waals surface area contributed by atoms with Crippen molar-refractivity contribution in [2.75, 3.05) is 20.3 Å². The second kappa shape index (κ2) is 7.91. The molecule has 1 fully saturated rings. The number of hydrogen-bond acceptors (Lipinski definition) is 3. The van der Waals surface area contributed by atoms with Gasteiger partial charge in [0, 0.05) is 18.7 Å². The summed E-state index contributed by atoms with van der Waals surface area (Å²) in [6, 6.07) is 3.65. The smallest absolute Gasteiger partial charge is 0.254 e. The Morgan fingerprint density at radius 3 is 2.61 bits per heavy atom. The highest BCUT2D eigenvalue weighted by Gasteiger charge is 2.33. The fraction of sp³-hybridized carbons (Fsp3) is 0.611. The van der Waals surface area contributed by atoms with Gasteiger partial charge in [-0.2, -0.15) is 0 Å². The van der Waals surface area contributed by atoms with E-state index in [9.17, 15) is 4.79 Å². The minimum absolute atomic E-state index is 0.0331. The summed E-state index contributed by atoms with van der Waals surface area (Å²) in [5.74, 6) is 1.64. The van der Waals surface area contributed by atoms with Gasteiger partial charge in [-0.3, -0.25) is 4.79 Å². The van der Waals surface area contributed by atoms with Crippen molar-refractivity contribution in [2.45, 2.75) is 46.1 Å². The van der Waals surface area contributed by atoms with Gasteiger partial charge in [-0.25, -0.2) is 0 Å². The predicted octanol–water partition coefficient (Wildman–Crippen LogP) is 4.40. The molecule has 128 valence electrons. The van der Waals surface area contributed by atoms with Crippen molar-refractivity contribution in [3.05, 3.63) is 22.7 Å². The van der Waals surface area contributed by atoms with Crippen molar-refractivity contribution in [3.8, 4) is 11.5 Å². The lowest BCUT2D eigenvalue weighted by molar-refractivity contribution is 0.0726. The number of benzene rings is 1. The Kier molecular flexibility index (Phi) is 6.17. The van der Waals surface area contributed by atoms with Gasteiger partial charge in [-0.1, -0.05) is 18.5 Å². The lowest BCUT2D eigenvalue weighted by Gasteiger charge is -2.25. The molecule has 1 atom stereocenters. The van der Waals surface area contributed by atoms with E-state index in [0.717, 1.165) is 6.42 Å². The first-order chi connectivity index (χ1) is 11.0. The molecular formula is C18H26ClNO3. The van der Waals surface area contributed by atoms with Crippen LogP contribution in [-0.4, -0.2) is 37.1 Å². The molecule has 0 radical (unpaired) electrons. The SMILES string of the molecule is CCCOc1c(Cl)cc(C(=O)N(C)C(C)C2CC2)cc1OCC. The van der Waals surface area contributed by atoms with E-state index in [2.05, 4.69) is 6.92 Å². The molecule has 1 amide bonds. The van der Waals surface area contributed by atoms with E-state index >= 15 is 0 Å². The number of rotatable bonds is 8. The van der Waals surface area contributed by atoms with Gasteiger partial charge in [0.15, 0.2) is 11.5 Å². The third-order valence-corrected chi connectivity index (χ3v) is 4.52. The van der Waals surface area contributed by atoms with Gasteiger partial charge in [-0.05, 0) is 51.2 Å². The number of halogens is 1. The normalized spacial score (nSPS) is 15.2. The van der Waals surface area contributed by atoms with Crippen LogP contribution < -0.4 is 9.47 Å². The van der Waals surface area contributed by atoms with E-state index in [-0.39, 0.29) is 11.9 Å². The minimum atomic E-state index is -0.0331. The van der Waals surface area contributed by atoms with Gasteiger partial charge in [0.05, 0.1) is 18.2 Å². The fourth-order valence-electron chi connectivity index (χ4n) is 2.58. The molecule has 23 heavy (non-hydrogen) atoms. The Morgan fingerprint density at radius 1 is 1.35 bits per heavy atom. The highest BCUT2D eigenvalue weighted by molar-refractivity contribution is 6.32. The molecule has 4 nitrogen and oxygen atoms in total. The number of nitrogens with zero attached hydrogens (tertiary/aromatic N) is 1. The molecule has 1 aromatic carbocycles. The van der Waals surface area contributed by atoms with E-state index in [4.69, 9.17) is 21.1 Å². The van der Waals surface area contributed by atoms with Crippen molar-refractivity contribution in [3.63, 3.8) is 0 Å². The van der Waals surface area contributed by atoms with E-state index < -0.39 is 0 Å². The van der Waals surface area contributed by atoms with E-state index in [0.29, 0.717) is 41.2 Å². The summed E-state index contributed by atoms with van der Waals surface area (Å²) in [6.07, 6.45) is 3.28. The van der Waals surface area contributed by atoms with Crippen molar-refractivity contribution >= 4 is 17.5 Å². The number of ether oxygens (including phenoxy) is 2. The largest absolute Gasteiger partial charge is 0.490 e. The Morgan fingerprint density at radius 2 is 2.04 bits per heavy atom. The second-order valence-corrected chi connectivity index (χ2v) is 6.47. The van der Waals surface area contributed by atoms with Crippen molar-refractivity contribution < 1.29 is 14.3 Å². The van der Waals surface area contributed by atoms with Gasteiger partial charge in [-0.15, -0.1) is 0 Å². The molecule has 0 spiro atoms. The first-order valence-corrected chi connectivity index (χ1v) is 8.73. The molecule has 1 aliphatic carbocycles. The van der Waals surface area contributed by atoms with Crippen LogP contribution in [0.15, 0.2) is 12.1 Å². The van der Waals surface area contributed by atoms with Gasteiger partial charge in [0.2, 0.25) is 0 Å². The average Bonchev–Trinajstić information content (AvgIpc) is 3.37. The van der Waals surface area contributed by atoms with Gasteiger partial charge in [0.1, 0.15) is 0 Å². The number of hydrogen-bond donors (Lipinski definition) is 0. The fourth-order valence-corrected chi connectivity index (χ4v) is 2.85. The third kappa shape index (κ3) is 4.31. The monoisotopic (exact) mass is 339 g/mol. The summed E-state index contributed by atoms with van der Waals surface area (Å²) in [5, 5.41) is 0.417. The maximum atomic E-state index is 12.7. The van der Waals surface area contributed by atoms with Crippen LogP contribution in [0.3, 0.4) is 0 Å². The number of amides is 1. The minimum Gasteiger partial charge on any atom is -0.490 e. The van der Waals surface area contributed by atoms with Crippen LogP contribution in [0.5, 0.6) is 11.5 Å². The molecule has 0 bridgehead atoms. The lowest BCUT2D eigenvalue weighted by Crippen LogP contribution is -2.36.